The van der Waals surface area contributed by atoms with Gasteiger partial charge in [-0.1, -0.05) is 0 Å². The van der Waals surface area contributed by atoms with E-state index in [9.17, 15) is 13.2 Å². The van der Waals surface area contributed by atoms with Gasteiger partial charge in [-0.2, -0.15) is 0 Å². The topological polar surface area (TPSA) is 92.5 Å². The van der Waals surface area contributed by atoms with Gasteiger partial charge in [0.25, 0.3) is 0 Å². The molecule has 1 amide bonds. The largest absolute Gasteiger partial charge is 0.300 e. The van der Waals surface area contributed by atoms with Crippen LogP contribution in [0.2, 0.25) is 0 Å². The molecular formula is C10H21N3O3S. The number of hydrazine groups is 1. The maximum Gasteiger partial charge on any atom is 0.233 e. The van der Waals surface area contributed by atoms with Crippen molar-refractivity contribution in [3.05, 3.63) is 0 Å². The van der Waals surface area contributed by atoms with E-state index in [4.69, 9.17) is 5.84 Å². The van der Waals surface area contributed by atoms with Gasteiger partial charge in [-0.15, -0.1) is 0 Å². The lowest BCUT2D eigenvalue weighted by Crippen LogP contribution is -2.37. The van der Waals surface area contributed by atoms with Gasteiger partial charge in [0.1, 0.15) is 0 Å². The Morgan fingerprint density at radius 3 is 2.76 bits per heavy atom. The van der Waals surface area contributed by atoms with E-state index in [-0.39, 0.29) is 23.5 Å². The summed E-state index contributed by atoms with van der Waals surface area (Å²) in [6.07, 6.45) is 1.75. The molecule has 0 aliphatic carbocycles. The Hall–Kier alpha value is -0.660. The van der Waals surface area contributed by atoms with Crippen LogP contribution in [0.25, 0.3) is 0 Å². The Morgan fingerprint density at radius 2 is 2.12 bits per heavy atom. The molecule has 1 aliphatic rings. The van der Waals surface area contributed by atoms with Crippen molar-refractivity contribution in [1.29, 1.82) is 0 Å². The van der Waals surface area contributed by atoms with Crippen molar-refractivity contribution in [3.63, 3.8) is 0 Å². The van der Waals surface area contributed by atoms with Gasteiger partial charge in [0.2, 0.25) is 5.91 Å². The summed E-state index contributed by atoms with van der Waals surface area (Å²) in [6, 6.07) is 0.209. The van der Waals surface area contributed by atoms with Crippen molar-refractivity contribution in [1.82, 2.24) is 10.3 Å². The Kier molecular flexibility index (Phi) is 5.35. The molecule has 0 aromatic rings. The smallest absolute Gasteiger partial charge is 0.233 e. The molecule has 1 saturated heterocycles. The normalized spacial score (nSPS) is 22.7. The van der Waals surface area contributed by atoms with Crippen molar-refractivity contribution >= 4 is 15.7 Å². The predicted molar refractivity (Wildman–Crippen MR) is 65.9 cm³/mol. The van der Waals surface area contributed by atoms with Gasteiger partial charge in [0, 0.05) is 19.0 Å². The fraction of sp³-hybridized carbons (Fsp3) is 0.900. The molecule has 0 bridgehead atoms. The molecule has 1 rings (SSSR count). The fourth-order valence-electron chi connectivity index (χ4n) is 1.99. The van der Waals surface area contributed by atoms with Crippen molar-refractivity contribution < 1.29 is 13.2 Å². The zero-order valence-corrected chi connectivity index (χ0v) is 11.0. The third-order valence-corrected chi connectivity index (χ3v) is 4.88. The molecule has 100 valence electrons. The number of rotatable bonds is 4. The zero-order chi connectivity index (χ0) is 12.9. The Bertz CT molecular complexity index is 356. The summed E-state index contributed by atoms with van der Waals surface area (Å²) >= 11 is 0. The Labute approximate surface area is 102 Å². The molecule has 6 nitrogen and oxygen atoms in total. The minimum atomic E-state index is -2.86. The minimum Gasteiger partial charge on any atom is -0.300 e. The summed E-state index contributed by atoms with van der Waals surface area (Å²) in [4.78, 5) is 13.2. The molecular weight excluding hydrogens is 242 g/mol. The number of carbonyl (C=O) groups excluding carboxylic acids is 1. The highest BCUT2D eigenvalue weighted by Gasteiger charge is 2.22. The zero-order valence-electron chi connectivity index (χ0n) is 10.2. The molecule has 1 heterocycles. The quantitative estimate of drug-likeness (QED) is 0.396. The maximum atomic E-state index is 11.4. The first-order chi connectivity index (χ1) is 7.94. The van der Waals surface area contributed by atoms with Crippen LogP contribution in [-0.4, -0.2) is 49.9 Å². The molecule has 7 heteroatoms. The maximum absolute atomic E-state index is 11.4. The molecule has 0 aromatic heterocycles. The lowest BCUT2D eigenvalue weighted by molar-refractivity contribution is -0.121. The standard InChI is InChI=1S/C10H21N3O3S/c1-9(3-4-10(14)12-11)13-5-2-7-17(15,16)8-6-13/h9H,2-8,11H2,1H3,(H,12,14). The number of hydrogen-bond donors (Lipinski definition) is 2. The number of sulfone groups is 1. The monoisotopic (exact) mass is 263 g/mol. The number of nitrogens with two attached hydrogens (primary N) is 1. The fourth-order valence-corrected chi connectivity index (χ4v) is 3.28. The third-order valence-electron chi connectivity index (χ3n) is 3.16. The van der Waals surface area contributed by atoms with Crippen LogP contribution < -0.4 is 11.3 Å². The van der Waals surface area contributed by atoms with Crippen molar-refractivity contribution in [2.75, 3.05) is 24.6 Å². The van der Waals surface area contributed by atoms with E-state index in [1.54, 1.807) is 0 Å². The SMILES string of the molecule is CC(CCC(=O)NN)N1CCCS(=O)(=O)CC1. The Morgan fingerprint density at radius 1 is 1.41 bits per heavy atom. The van der Waals surface area contributed by atoms with Crippen LogP contribution in [0.3, 0.4) is 0 Å². The summed E-state index contributed by atoms with van der Waals surface area (Å²) in [7, 11) is -2.86. The van der Waals surface area contributed by atoms with Gasteiger partial charge in [0.05, 0.1) is 11.5 Å². The highest BCUT2D eigenvalue weighted by atomic mass is 32.2. The third kappa shape index (κ3) is 5.01. The molecule has 0 radical (unpaired) electrons. The summed E-state index contributed by atoms with van der Waals surface area (Å²) in [5.41, 5.74) is 2.10. The first kappa shape index (κ1) is 14.4. The lowest BCUT2D eigenvalue weighted by Gasteiger charge is -2.26. The van der Waals surface area contributed by atoms with Gasteiger partial charge in [-0.05, 0) is 26.3 Å². The molecule has 1 fully saturated rings. The van der Waals surface area contributed by atoms with Gasteiger partial charge in [0.15, 0.2) is 9.84 Å². The summed E-state index contributed by atoms with van der Waals surface area (Å²) in [6.45, 7) is 3.36. The number of amides is 1. The van der Waals surface area contributed by atoms with Crippen molar-refractivity contribution in [3.8, 4) is 0 Å². The van der Waals surface area contributed by atoms with Gasteiger partial charge in [-0.25, -0.2) is 14.3 Å². The molecule has 17 heavy (non-hydrogen) atoms. The summed E-state index contributed by atoms with van der Waals surface area (Å²) in [5, 5.41) is 0. The van der Waals surface area contributed by atoms with E-state index in [1.165, 1.54) is 0 Å². The Balaban J connectivity index is 2.41. The van der Waals surface area contributed by atoms with Gasteiger partial charge < -0.3 is 0 Å². The van der Waals surface area contributed by atoms with Crippen LogP contribution in [0.1, 0.15) is 26.2 Å². The van der Waals surface area contributed by atoms with Gasteiger partial charge >= 0.3 is 0 Å². The molecule has 1 atom stereocenters. The van der Waals surface area contributed by atoms with E-state index in [0.717, 1.165) is 6.54 Å². The second-order valence-corrected chi connectivity index (χ2v) is 6.80. The number of nitrogens with one attached hydrogen (secondary N) is 1. The highest BCUT2D eigenvalue weighted by molar-refractivity contribution is 7.91. The van der Waals surface area contributed by atoms with E-state index < -0.39 is 9.84 Å². The second-order valence-electron chi connectivity index (χ2n) is 4.50. The summed E-state index contributed by atoms with van der Waals surface area (Å²) in [5.74, 6) is 5.32. The molecule has 1 aliphatic heterocycles. The van der Waals surface area contributed by atoms with Crippen LogP contribution in [0.4, 0.5) is 0 Å². The average molecular weight is 263 g/mol. The van der Waals surface area contributed by atoms with Crippen LogP contribution in [0.15, 0.2) is 0 Å². The molecule has 0 spiro atoms. The van der Waals surface area contributed by atoms with Crippen LogP contribution in [0, 0.1) is 0 Å². The van der Waals surface area contributed by atoms with E-state index in [2.05, 4.69) is 10.3 Å². The van der Waals surface area contributed by atoms with Crippen LogP contribution in [-0.2, 0) is 14.6 Å². The number of carbonyl (C=O) groups is 1. The van der Waals surface area contributed by atoms with E-state index in [0.29, 0.717) is 25.8 Å². The molecule has 0 saturated carbocycles. The lowest BCUT2D eigenvalue weighted by atomic mass is 10.1. The molecule has 0 aromatic carbocycles. The highest BCUT2D eigenvalue weighted by Crippen LogP contribution is 2.12. The van der Waals surface area contributed by atoms with Crippen molar-refractivity contribution in [2.45, 2.75) is 32.2 Å². The number of hydrogen-bond acceptors (Lipinski definition) is 5. The van der Waals surface area contributed by atoms with Gasteiger partial charge in [-0.3, -0.25) is 15.1 Å². The summed E-state index contributed by atoms with van der Waals surface area (Å²) < 4.78 is 22.9. The molecule has 1 unspecified atom stereocenters. The van der Waals surface area contributed by atoms with Crippen LogP contribution in [0.5, 0.6) is 0 Å². The second kappa shape index (κ2) is 6.32. The molecule has 3 N–H and O–H groups in total. The minimum absolute atomic E-state index is 0.181. The van der Waals surface area contributed by atoms with Crippen LogP contribution >= 0.6 is 0 Å². The van der Waals surface area contributed by atoms with E-state index in [1.807, 2.05) is 6.92 Å². The first-order valence-corrected chi connectivity index (χ1v) is 7.70. The van der Waals surface area contributed by atoms with E-state index >= 15 is 0 Å². The predicted octanol–water partition coefficient (Wildman–Crippen LogP) is -0.734. The average Bonchev–Trinajstić information content (AvgIpc) is 2.46. The van der Waals surface area contributed by atoms with Crippen molar-refractivity contribution in [2.24, 2.45) is 5.84 Å². The number of nitrogens with zero attached hydrogens (tertiary/aromatic N) is 1. The first-order valence-electron chi connectivity index (χ1n) is 5.88.